The number of rotatable bonds is 6. The molecule has 2 heterocycles. The van der Waals surface area contributed by atoms with Gasteiger partial charge in [-0.2, -0.15) is 0 Å². The van der Waals surface area contributed by atoms with Crippen LogP contribution in [0.25, 0.3) is 10.9 Å². The molecule has 2 aromatic carbocycles. The number of esters is 1. The van der Waals surface area contributed by atoms with E-state index >= 15 is 0 Å². The summed E-state index contributed by atoms with van der Waals surface area (Å²) in [6, 6.07) is 17.9. The van der Waals surface area contributed by atoms with Crippen molar-refractivity contribution in [2.45, 2.75) is 25.4 Å². The van der Waals surface area contributed by atoms with Crippen LogP contribution in [0.15, 0.2) is 72.9 Å². The molecule has 0 saturated carbocycles. The molecule has 2 atom stereocenters. The Morgan fingerprint density at radius 1 is 1.14 bits per heavy atom. The summed E-state index contributed by atoms with van der Waals surface area (Å²) in [6.07, 6.45) is 6.40. The van der Waals surface area contributed by atoms with Gasteiger partial charge in [-0.05, 0) is 24.1 Å². The second-order valence-electron chi connectivity index (χ2n) is 6.77. The number of methoxy groups -OCH3 is 1. The Balaban J connectivity index is 1.48. The Morgan fingerprint density at radius 3 is 2.75 bits per heavy atom. The second-order valence-corrected chi connectivity index (χ2v) is 6.77. The van der Waals surface area contributed by atoms with E-state index in [0.29, 0.717) is 18.8 Å². The Morgan fingerprint density at radius 2 is 1.93 bits per heavy atom. The third-order valence-electron chi connectivity index (χ3n) is 4.87. The molecule has 0 unspecified atom stereocenters. The average Bonchev–Trinajstić information content (AvgIpc) is 3.14. The largest absolute Gasteiger partial charge is 0.465 e. The molecule has 0 radical (unpaired) electrons. The van der Waals surface area contributed by atoms with Crippen LogP contribution < -0.4 is 0 Å². The molecular formula is C23H23NO4. The van der Waals surface area contributed by atoms with Crippen molar-refractivity contribution < 1.29 is 19.0 Å². The van der Waals surface area contributed by atoms with Gasteiger partial charge < -0.3 is 18.8 Å². The van der Waals surface area contributed by atoms with E-state index in [2.05, 4.69) is 6.08 Å². The third kappa shape index (κ3) is 3.86. The van der Waals surface area contributed by atoms with Gasteiger partial charge in [0.15, 0.2) is 6.23 Å². The summed E-state index contributed by atoms with van der Waals surface area (Å²) in [7, 11) is 1.39. The van der Waals surface area contributed by atoms with Crippen molar-refractivity contribution in [1.29, 1.82) is 0 Å². The molecule has 1 aliphatic heterocycles. The number of ether oxygens (including phenoxy) is 3. The lowest BCUT2D eigenvalue weighted by molar-refractivity contribution is -0.0734. The van der Waals surface area contributed by atoms with Gasteiger partial charge >= 0.3 is 5.97 Å². The van der Waals surface area contributed by atoms with E-state index in [1.54, 1.807) is 6.20 Å². The van der Waals surface area contributed by atoms with Crippen molar-refractivity contribution in [2.75, 3.05) is 13.7 Å². The fourth-order valence-corrected chi connectivity index (χ4v) is 3.48. The number of hydrogen-bond donors (Lipinski definition) is 0. The Labute approximate surface area is 164 Å². The molecule has 5 nitrogen and oxygen atoms in total. The lowest BCUT2D eigenvalue weighted by Gasteiger charge is -2.27. The predicted octanol–water partition coefficient (Wildman–Crippen LogP) is 4.49. The van der Waals surface area contributed by atoms with E-state index in [4.69, 9.17) is 14.2 Å². The molecule has 4 rings (SSSR count). The van der Waals surface area contributed by atoms with E-state index in [1.807, 2.05) is 65.2 Å². The summed E-state index contributed by atoms with van der Waals surface area (Å²) in [5.74, 6) is -0.350. The first-order valence-electron chi connectivity index (χ1n) is 9.38. The van der Waals surface area contributed by atoms with Crippen molar-refractivity contribution in [1.82, 2.24) is 4.57 Å². The molecule has 1 aliphatic rings. The molecule has 0 amide bonds. The Bertz CT molecular complexity index is 977. The first-order chi connectivity index (χ1) is 13.8. The molecule has 0 aliphatic carbocycles. The lowest BCUT2D eigenvalue weighted by Crippen LogP contribution is -2.26. The minimum atomic E-state index is -0.350. The molecule has 0 N–H and O–H groups in total. The van der Waals surface area contributed by atoms with Crippen molar-refractivity contribution in [3.63, 3.8) is 0 Å². The highest BCUT2D eigenvalue weighted by molar-refractivity contribution is 6.04. The molecular weight excluding hydrogens is 354 g/mol. The SMILES string of the molecule is COC(=O)c1cn([C@@H]2C=CC[C@@H](COCc3ccccc3)O2)c2ccccc12. The monoisotopic (exact) mass is 377 g/mol. The lowest BCUT2D eigenvalue weighted by atomic mass is 10.2. The van der Waals surface area contributed by atoms with Crippen LogP contribution in [0.3, 0.4) is 0 Å². The summed E-state index contributed by atoms with van der Waals surface area (Å²) in [5.41, 5.74) is 2.62. The zero-order valence-corrected chi connectivity index (χ0v) is 15.8. The minimum Gasteiger partial charge on any atom is -0.465 e. The molecule has 0 saturated heterocycles. The average molecular weight is 377 g/mol. The van der Waals surface area contributed by atoms with Gasteiger partial charge in [-0.3, -0.25) is 0 Å². The molecule has 3 aromatic rings. The number of benzene rings is 2. The highest BCUT2D eigenvalue weighted by Gasteiger charge is 2.23. The number of para-hydroxylation sites is 1. The van der Waals surface area contributed by atoms with Gasteiger partial charge in [-0.15, -0.1) is 0 Å². The van der Waals surface area contributed by atoms with Gasteiger partial charge in [-0.1, -0.05) is 54.6 Å². The van der Waals surface area contributed by atoms with Gasteiger partial charge in [0.1, 0.15) is 0 Å². The number of fused-ring (bicyclic) bond motifs is 1. The van der Waals surface area contributed by atoms with Crippen molar-refractivity contribution >= 4 is 16.9 Å². The van der Waals surface area contributed by atoms with E-state index in [1.165, 1.54) is 7.11 Å². The summed E-state index contributed by atoms with van der Waals surface area (Å²) in [5, 5.41) is 0.855. The number of carbonyl (C=O) groups is 1. The molecule has 144 valence electrons. The van der Waals surface area contributed by atoms with Gasteiger partial charge in [0.2, 0.25) is 0 Å². The summed E-state index contributed by atoms with van der Waals surface area (Å²) >= 11 is 0. The zero-order chi connectivity index (χ0) is 19.3. The fraction of sp³-hybridized carbons (Fsp3) is 0.261. The molecule has 0 bridgehead atoms. The Hall–Kier alpha value is -2.89. The number of hydrogen-bond acceptors (Lipinski definition) is 4. The summed E-state index contributed by atoms with van der Waals surface area (Å²) < 4.78 is 19.0. The van der Waals surface area contributed by atoms with Gasteiger partial charge in [0.05, 0.1) is 37.5 Å². The maximum atomic E-state index is 12.1. The minimum absolute atomic E-state index is 0.0403. The van der Waals surface area contributed by atoms with Gasteiger partial charge in [0.25, 0.3) is 0 Å². The normalized spacial score (nSPS) is 19.0. The van der Waals surface area contributed by atoms with E-state index in [-0.39, 0.29) is 18.3 Å². The van der Waals surface area contributed by atoms with E-state index in [0.717, 1.165) is 22.9 Å². The van der Waals surface area contributed by atoms with Crippen molar-refractivity contribution in [3.05, 3.63) is 84.1 Å². The number of nitrogens with zero attached hydrogens (tertiary/aromatic N) is 1. The van der Waals surface area contributed by atoms with Crippen LogP contribution in [0.5, 0.6) is 0 Å². The number of carbonyl (C=O) groups excluding carboxylic acids is 1. The zero-order valence-electron chi connectivity index (χ0n) is 15.8. The predicted molar refractivity (Wildman–Crippen MR) is 107 cm³/mol. The second kappa shape index (κ2) is 8.42. The first kappa shape index (κ1) is 18.5. The summed E-state index contributed by atoms with van der Waals surface area (Å²) in [6.45, 7) is 1.08. The van der Waals surface area contributed by atoms with Crippen LogP contribution in [0.4, 0.5) is 0 Å². The highest BCUT2D eigenvalue weighted by Crippen LogP contribution is 2.29. The quantitative estimate of drug-likeness (QED) is 0.469. The third-order valence-corrected chi connectivity index (χ3v) is 4.87. The molecule has 28 heavy (non-hydrogen) atoms. The van der Waals surface area contributed by atoms with Crippen molar-refractivity contribution in [3.8, 4) is 0 Å². The molecule has 5 heteroatoms. The highest BCUT2D eigenvalue weighted by atomic mass is 16.5. The van der Waals surface area contributed by atoms with Gasteiger partial charge in [-0.25, -0.2) is 4.79 Å². The smallest absolute Gasteiger partial charge is 0.340 e. The van der Waals surface area contributed by atoms with Crippen LogP contribution >= 0.6 is 0 Å². The van der Waals surface area contributed by atoms with E-state index in [9.17, 15) is 4.79 Å². The maximum Gasteiger partial charge on any atom is 0.340 e. The van der Waals surface area contributed by atoms with Gasteiger partial charge in [0, 0.05) is 11.6 Å². The standard InChI is InChI=1S/C23H23NO4/c1-26-23(25)20-14-24(21-12-6-5-11-19(20)21)22-13-7-10-18(28-22)16-27-15-17-8-3-2-4-9-17/h2-9,11-14,18,22H,10,15-16H2,1H3/t18-,22-/m0/s1. The van der Waals surface area contributed by atoms with Crippen LogP contribution in [0.2, 0.25) is 0 Å². The summed E-state index contributed by atoms with van der Waals surface area (Å²) in [4.78, 5) is 12.1. The topological polar surface area (TPSA) is 49.7 Å². The van der Waals surface area contributed by atoms with E-state index < -0.39 is 0 Å². The van der Waals surface area contributed by atoms with Crippen molar-refractivity contribution in [2.24, 2.45) is 0 Å². The molecule has 0 fully saturated rings. The number of aromatic nitrogens is 1. The van der Waals surface area contributed by atoms with Crippen LogP contribution in [-0.2, 0) is 20.8 Å². The first-order valence-corrected chi connectivity index (χ1v) is 9.38. The molecule has 0 spiro atoms. The maximum absolute atomic E-state index is 12.1. The van der Waals surface area contributed by atoms with Crippen LogP contribution in [-0.4, -0.2) is 30.4 Å². The fourth-order valence-electron chi connectivity index (χ4n) is 3.48. The van der Waals surface area contributed by atoms with Crippen LogP contribution in [0.1, 0.15) is 28.6 Å². The Kier molecular flexibility index (Phi) is 5.55. The van der Waals surface area contributed by atoms with Crippen LogP contribution in [0, 0.1) is 0 Å². The molecule has 1 aromatic heterocycles.